The number of benzene rings is 2. The fourth-order valence-corrected chi connectivity index (χ4v) is 4.48. The minimum atomic E-state index is -0.899. The van der Waals surface area contributed by atoms with Crippen molar-refractivity contribution >= 4 is 29.5 Å². The molecule has 3 aliphatic heterocycles. The third-order valence-corrected chi connectivity index (χ3v) is 5.68. The molecule has 0 saturated carbocycles. The number of fused-ring (bicyclic) bond motifs is 3. The summed E-state index contributed by atoms with van der Waals surface area (Å²) < 4.78 is 13.7. The van der Waals surface area contributed by atoms with Crippen molar-refractivity contribution in [1.29, 1.82) is 0 Å². The van der Waals surface area contributed by atoms with Crippen molar-refractivity contribution in [2.45, 2.75) is 12.1 Å². The zero-order valence-electron chi connectivity index (χ0n) is 15.2. The van der Waals surface area contributed by atoms with Crippen LogP contribution in [0.15, 0.2) is 71.9 Å². The van der Waals surface area contributed by atoms with Crippen LogP contribution < -0.4 is 4.90 Å². The van der Waals surface area contributed by atoms with Crippen molar-refractivity contribution < 1.29 is 18.8 Å². The number of carbonyl (C=O) groups excluding carboxylic acids is 3. The summed E-state index contributed by atoms with van der Waals surface area (Å²) in [7, 11) is 0. The summed E-state index contributed by atoms with van der Waals surface area (Å²) in [6, 6.07) is 12.6. The molecule has 2 aromatic carbocycles. The number of imide groups is 1. The molecule has 144 valence electrons. The lowest BCUT2D eigenvalue weighted by Crippen LogP contribution is -2.46. The molecule has 6 nitrogen and oxygen atoms in total. The van der Waals surface area contributed by atoms with Gasteiger partial charge < -0.3 is 0 Å². The minimum Gasteiger partial charge on any atom is -0.292 e. The predicted octanol–water partition coefficient (Wildman–Crippen LogP) is 2.42. The van der Waals surface area contributed by atoms with E-state index < -0.39 is 41.6 Å². The van der Waals surface area contributed by atoms with Crippen LogP contribution in [0.4, 0.5) is 10.1 Å². The number of rotatable bonds is 3. The Labute approximate surface area is 165 Å². The van der Waals surface area contributed by atoms with Gasteiger partial charge in [-0.3, -0.25) is 19.4 Å². The summed E-state index contributed by atoms with van der Waals surface area (Å²) in [5, 5.41) is 5.86. The Morgan fingerprint density at radius 1 is 0.966 bits per heavy atom. The predicted molar refractivity (Wildman–Crippen MR) is 104 cm³/mol. The Kier molecular flexibility index (Phi) is 3.91. The number of ketones is 1. The lowest BCUT2D eigenvalue weighted by Gasteiger charge is -2.30. The van der Waals surface area contributed by atoms with Crippen molar-refractivity contribution in [1.82, 2.24) is 5.01 Å². The smallest absolute Gasteiger partial charge is 0.240 e. The van der Waals surface area contributed by atoms with E-state index in [9.17, 15) is 18.8 Å². The number of hydrogen-bond acceptors (Lipinski definition) is 5. The van der Waals surface area contributed by atoms with E-state index >= 15 is 0 Å². The lowest BCUT2D eigenvalue weighted by atomic mass is 9.86. The van der Waals surface area contributed by atoms with E-state index in [4.69, 9.17) is 0 Å². The van der Waals surface area contributed by atoms with Crippen molar-refractivity contribution in [2.75, 3.05) is 4.90 Å². The number of allylic oxidation sites excluding steroid dienone is 1. The van der Waals surface area contributed by atoms with Gasteiger partial charge in [0.15, 0.2) is 5.78 Å². The first-order chi connectivity index (χ1) is 14.1. The van der Waals surface area contributed by atoms with Gasteiger partial charge in [0.2, 0.25) is 11.8 Å². The van der Waals surface area contributed by atoms with Gasteiger partial charge in [0.05, 0.1) is 23.6 Å². The summed E-state index contributed by atoms with van der Waals surface area (Å²) in [5.41, 5.74) is 0.626. The Balaban J connectivity index is 1.59. The largest absolute Gasteiger partial charge is 0.292 e. The van der Waals surface area contributed by atoms with Crippen molar-refractivity contribution in [2.24, 2.45) is 16.9 Å². The summed E-state index contributed by atoms with van der Waals surface area (Å²) in [6.07, 6.45) is 5.03. The number of halogens is 1. The van der Waals surface area contributed by atoms with Crippen molar-refractivity contribution in [3.05, 3.63) is 78.1 Å². The van der Waals surface area contributed by atoms with E-state index in [1.54, 1.807) is 53.7 Å². The van der Waals surface area contributed by atoms with E-state index in [2.05, 4.69) is 5.10 Å². The Morgan fingerprint density at radius 2 is 1.72 bits per heavy atom. The molecule has 2 aromatic rings. The van der Waals surface area contributed by atoms with Crippen LogP contribution in [0.5, 0.6) is 0 Å². The summed E-state index contributed by atoms with van der Waals surface area (Å²) in [6.45, 7) is 0. The maximum Gasteiger partial charge on any atom is 0.240 e. The van der Waals surface area contributed by atoms with Crippen LogP contribution in [0.25, 0.3) is 0 Å². The average molecular weight is 389 g/mol. The second kappa shape index (κ2) is 6.48. The van der Waals surface area contributed by atoms with Crippen LogP contribution in [0.3, 0.4) is 0 Å². The van der Waals surface area contributed by atoms with E-state index in [1.165, 1.54) is 18.2 Å². The maximum absolute atomic E-state index is 13.7. The number of hydrogen-bond donors (Lipinski definition) is 0. The second-order valence-electron chi connectivity index (χ2n) is 7.24. The molecule has 0 aromatic heterocycles. The number of amides is 2. The number of hydrazone groups is 1. The fourth-order valence-electron chi connectivity index (χ4n) is 4.48. The van der Waals surface area contributed by atoms with Gasteiger partial charge in [0, 0.05) is 11.8 Å². The van der Waals surface area contributed by atoms with Crippen LogP contribution in [0, 0.1) is 17.7 Å². The van der Waals surface area contributed by atoms with Crippen LogP contribution in [-0.2, 0) is 9.59 Å². The Bertz CT molecular complexity index is 1080. The first-order valence-electron chi connectivity index (χ1n) is 9.29. The Morgan fingerprint density at radius 3 is 2.48 bits per heavy atom. The lowest BCUT2D eigenvalue weighted by molar-refractivity contribution is -0.123. The summed E-state index contributed by atoms with van der Waals surface area (Å²) in [5.74, 6) is -3.39. The number of Topliss-reactive ketones (excluding diaryl/α,β-unsaturated/α-hetero) is 1. The molecule has 2 saturated heterocycles. The molecule has 7 heteroatoms. The maximum atomic E-state index is 13.7. The number of nitrogens with zero attached hydrogens (tertiary/aromatic N) is 3. The van der Waals surface area contributed by atoms with Gasteiger partial charge in [0.1, 0.15) is 11.9 Å². The fraction of sp³-hybridized carbons (Fsp3) is 0.182. The van der Waals surface area contributed by atoms with Crippen LogP contribution in [0.1, 0.15) is 10.4 Å². The second-order valence-corrected chi connectivity index (χ2v) is 7.24. The van der Waals surface area contributed by atoms with E-state index in [-0.39, 0.29) is 11.5 Å². The van der Waals surface area contributed by atoms with E-state index in [1.807, 2.05) is 0 Å². The molecule has 0 N–H and O–H groups in total. The normalized spacial score (nSPS) is 27.3. The molecule has 0 spiro atoms. The molecule has 0 bridgehead atoms. The molecule has 2 fully saturated rings. The van der Waals surface area contributed by atoms with Crippen molar-refractivity contribution in [3.63, 3.8) is 0 Å². The van der Waals surface area contributed by atoms with Crippen molar-refractivity contribution in [3.8, 4) is 0 Å². The van der Waals surface area contributed by atoms with Gasteiger partial charge in [-0.1, -0.05) is 42.5 Å². The molecule has 0 radical (unpaired) electrons. The highest BCUT2D eigenvalue weighted by molar-refractivity contribution is 6.24. The van der Waals surface area contributed by atoms with Gasteiger partial charge in [-0.05, 0) is 24.3 Å². The quantitative estimate of drug-likeness (QED) is 0.597. The summed E-state index contributed by atoms with van der Waals surface area (Å²) >= 11 is 0. The molecule has 0 unspecified atom stereocenters. The zero-order valence-corrected chi connectivity index (χ0v) is 15.2. The molecule has 29 heavy (non-hydrogen) atoms. The standard InChI is InChI=1S/C22H16FN3O3/c23-14-8-4-9-15(12-14)25-21(28)17-16-10-5-11-24-26(16)19(18(17)22(25)29)20(27)13-6-2-1-3-7-13/h1-12,16-19H/t16-,17+,18+,19+/m1/s1. The third kappa shape index (κ3) is 2.54. The first kappa shape index (κ1) is 17.5. The van der Waals surface area contributed by atoms with Gasteiger partial charge in [0.25, 0.3) is 0 Å². The SMILES string of the molecule is O=C(c1ccccc1)[C@@H]1[C@H]2C(=O)N(c3cccc(F)c3)C(=O)[C@H]2[C@H]2C=CC=NN21. The molecular weight excluding hydrogens is 373 g/mol. The molecule has 5 rings (SSSR count). The Hall–Kier alpha value is -3.61. The van der Waals surface area contributed by atoms with Crippen LogP contribution >= 0.6 is 0 Å². The van der Waals surface area contributed by atoms with Crippen LogP contribution in [0.2, 0.25) is 0 Å². The highest BCUT2D eigenvalue weighted by Crippen LogP contribution is 2.46. The molecule has 3 heterocycles. The highest BCUT2D eigenvalue weighted by atomic mass is 19.1. The van der Waals surface area contributed by atoms with Gasteiger partial charge in [-0.15, -0.1) is 0 Å². The first-order valence-corrected chi connectivity index (χ1v) is 9.29. The molecule has 2 amide bonds. The topological polar surface area (TPSA) is 70.0 Å². The monoisotopic (exact) mass is 389 g/mol. The summed E-state index contributed by atoms with van der Waals surface area (Å²) in [4.78, 5) is 40.9. The van der Waals surface area contributed by atoms with E-state index in [0.717, 1.165) is 11.0 Å². The minimum absolute atomic E-state index is 0.176. The number of carbonyl (C=O) groups is 3. The molecular formula is C22H16FN3O3. The number of anilines is 1. The zero-order chi connectivity index (χ0) is 20.1. The molecule has 4 atom stereocenters. The third-order valence-electron chi connectivity index (χ3n) is 5.68. The molecule has 0 aliphatic carbocycles. The molecule has 3 aliphatic rings. The van der Waals surface area contributed by atoms with Gasteiger partial charge in [-0.2, -0.15) is 5.10 Å². The average Bonchev–Trinajstić information content (AvgIpc) is 3.21. The highest BCUT2D eigenvalue weighted by Gasteiger charge is 2.64. The van der Waals surface area contributed by atoms with Crippen LogP contribution in [-0.4, -0.2) is 40.9 Å². The van der Waals surface area contributed by atoms with E-state index in [0.29, 0.717) is 5.56 Å². The van der Waals surface area contributed by atoms with Gasteiger partial charge in [-0.25, -0.2) is 9.29 Å². The van der Waals surface area contributed by atoms with Gasteiger partial charge >= 0.3 is 0 Å².